The molecule has 1 aliphatic heterocycles. The van der Waals surface area contributed by atoms with E-state index in [4.69, 9.17) is 10.5 Å². The lowest BCUT2D eigenvalue weighted by Gasteiger charge is -2.30. The van der Waals surface area contributed by atoms with Crippen molar-refractivity contribution in [3.63, 3.8) is 0 Å². The Hall–Kier alpha value is -1.06. The Labute approximate surface area is 104 Å². The van der Waals surface area contributed by atoms with E-state index in [-0.39, 0.29) is 5.54 Å². The van der Waals surface area contributed by atoms with Crippen LogP contribution in [0.5, 0.6) is 5.75 Å². The first-order valence-electron chi connectivity index (χ1n) is 6.27. The number of rotatable bonds is 4. The highest BCUT2D eigenvalue weighted by Crippen LogP contribution is 2.23. The third-order valence-electron chi connectivity index (χ3n) is 3.50. The smallest absolute Gasteiger partial charge is 0.118 e. The Balaban J connectivity index is 2.06. The predicted octanol–water partition coefficient (Wildman–Crippen LogP) is 1.96. The number of methoxy groups -OCH3 is 1. The van der Waals surface area contributed by atoms with Gasteiger partial charge in [0.05, 0.1) is 12.6 Å². The van der Waals surface area contributed by atoms with Crippen LogP contribution in [0.3, 0.4) is 0 Å². The van der Waals surface area contributed by atoms with Crippen LogP contribution in [0.4, 0.5) is 0 Å². The summed E-state index contributed by atoms with van der Waals surface area (Å²) in [6.07, 6.45) is 2.61. The SMILES string of the molecule is COc1ccc(C(C)(N)CN2CCCC2)cc1. The summed E-state index contributed by atoms with van der Waals surface area (Å²) in [5.41, 5.74) is 7.32. The van der Waals surface area contributed by atoms with Gasteiger partial charge in [0.25, 0.3) is 0 Å². The Morgan fingerprint density at radius 3 is 2.35 bits per heavy atom. The van der Waals surface area contributed by atoms with Crippen molar-refractivity contribution in [3.05, 3.63) is 29.8 Å². The molecule has 0 amide bonds. The fourth-order valence-corrected chi connectivity index (χ4v) is 2.47. The molecule has 1 heterocycles. The van der Waals surface area contributed by atoms with Crippen LogP contribution in [0, 0.1) is 0 Å². The molecule has 3 nitrogen and oxygen atoms in total. The summed E-state index contributed by atoms with van der Waals surface area (Å²) in [6, 6.07) is 8.08. The number of benzene rings is 1. The van der Waals surface area contributed by atoms with Gasteiger partial charge in [0.15, 0.2) is 0 Å². The molecule has 0 aromatic heterocycles. The summed E-state index contributed by atoms with van der Waals surface area (Å²) in [6.45, 7) is 5.40. The second-order valence-electron chi connectivity index (χ2n) is 5.13. The van der Waals surface area contributed by atoms with E-state index >= 15 is 0 Å². The lowest BCUT2D eigenvalue weighted by Crippen LogP contribution is -2.44. The van der Waals surface area contributed by atoms with Gasteiger partial charge in [-0.3, -0.25) is 0 Å². The molecule has 0 radical (unpaired) electrons. The van der Waals surface area contributed by atoms with E-state index < -0.39 is 0 Å². The maximum absolute atomic E-state index is 6.43. The van der Waals surface area contributed by atoms with Crippen molar-refractivity contribution in [2.24, 2.45) is 5.73 Å². The summed E-state index contributed by atoms with van der Waals surface area (Å²) in [7, 11) is 1.68. The van der Waals surface area contributed by atoms with Gasteiger partial charge in [-0.15, -0.1) is 0 Å². The molecule has 0 bridgehead atoms. The fraction of sp³-hybridized carbons (Fsp3) is 0.571. The van der Waals surface area contributed by atoms with Crippen molar-refractivity contribution >= 4 is 0 Å². The number of ether oxygens (including phenoxy) is 1. The molecule has 2 rings (SSSR count). The van der Waals surface area contributed by atoms with Crippen molar-refractivity contribution in [2.75, 3.05) is 26.7 Å². The topological polar surface area (TPSA) is 38.5 Å². The van der Waals surface area contributed by atoms with Crippen LogP contribution in [0.15, 0.2) is 24.3 Å². The minimum absolute atomic E-state index is 0.281. The minimum atomic E-state index is -0.281. The monoisotopic (exact) mass is 234 g/mol. The molecule has 1 atom stereocenters. The number of nitrogens with zero attached hydrogens (tertiary/aromatic N) is 1. The van der Waals surface area contributed by atoms with Gasteiger partial charge in [0.2, 0.25) is 0 Å². The zero-order valence-electron chi connectivity index (χ0n) is 10.8. The molecule has 1 aromatic rings. The highest BCUT2D eigenvalue weighted by atomic mass is 16.5. The Morgan fingerprint density at radius 2 is 1.82 bits per heavy atom. The van der Waals surface area contributed by atoms with Crippen LogP contribution in [0.2, 0.25) is 0 Å². The number of likely N-dealkylation sites (tertiary alicyclic amines) is 1. The molecule has 17 heavy (non-hydrogen) atoms. The third kappa shape index (κ3) is 2.99. The average molecular weight is 234 g/mol. The van der Waals surface area contributed by atoms with Crippen LogP contribution in [0.1, 0.15) is 25.3 Å². The summed E-state index contributed by atoms with van der Waals surface area (Å²) in [5.74, 6) is 0.880. The molecule has 1 fully saturated rings. The van der Waals surface area contributed by atoms with Gasteiger partial charge in [0, 0.05) is 6.54 Å². The first-order valence-corrected chi connectivity index (χ1v) is 6.27. The quantitative estimate of drug-likeness (QED) is 0.865. The van der Waals surface area contributed by atoms with Crippen molar-refractivity contribution < 1.29 is 4.74 Å². The van der Waals surface area contributed by atoms with E-state index in [1.165, 1.54) is 31.5 Å². The van der Waals surface area contributed by atoms with E-state index in [0.29, 0.717) is 0 Å². The van der Waals surface area contributed by atoms with E-state index in [0.717, 1.165) is 12.3 Å². The molecular formula is C14H22N2O. The van der Waals surface area contributed by atoms with E-state index in [1.807, 2.05) is 12.1 Å². The Morgan fingerprint density at radius 1 is 1.24 bits per heavy atom. The van der Waals surface area contributed by atoms with Crippen molar-refractivity contribution in [1.29, 1.82) is 0 Å². The number of hydrogen-bond donors (Lipinski definition) is 1. The third-order valence-corrected chi connectivity index (χ3v) is 3.50. The average Bonchev–Trinajstić information content (AvgIpc) is 2.81. The van der Waals surface area contributed by atoms with Crippen molar-refractivity contribution in [3.8, 4) is 5.75 Å². The molecule has 3 heteroatoms. The maximum Gasteiger partial charge on any atom is 0.118 e. The van der Waals surface area contributed by atoms with Gasteiger partial charge in [0.1, 0.15) is 5.75 Å². The molecule has 2 N–H and O–H groups in total. The highest BCUT2D eigenvalue weighted by Gasteiger charge is 2.25. The molecule has 0 aliphatic carbocycles. The zero-order valence-corrected chi connectivity index (χ0v) is 10.8. The van der Waals surface area contributed by atoms with Crippen LogP contribution >= 0.6 is 0 Å². The second-order valence-corrected chi connectivity index (χ2v) is 5.13. The molecule has 1 aromatic carbocycles. The Bertz CT molecular complexity index is 353. The number of nitrogens with two attached hydrogens (primary N) is 1. The molecule has 0 saturated carbocycles. The van der Waals surface area contributed by atoms with Gasteiger partial charge in [-0.1, -0.05) is 12.1 Å². The first-order chi connectivity index (χ1) is 8.12. The van der Waals surface area contributed by atoms with E-state index in [9.17, 15) is 0 Å². The fourth-order valence-electron chi connectivity index (χ4n) is 2.47. The summed E-state index contributed by atoms with van der Waals surface area (Å²) in [4.78, 5) is 2.45. The Kier molecular flexibility index (Phi) is 3.69. The van der Waals surface area contributed by atoms with Crippen molar-refractivity contribution in [2.45, 2.75) is 25.3 Å². The van der Waals surface area contributed by atoms with Crippen LogP contribution in [-0.2, 0) is 5.54 Å². The lowest BCUT2D eigenvalue weighted by molar-refractivity contribution is 0.260. The lowest BCUT2D eigenvalue weighted by atomic mass is 9.92. The summed E-state index contributed by atoms with van der Waals surface area (Å²) < 4.78 is 5.16. The second kappa shape index (κ2) is 5.07. The molecule has 94 valence electrons. The maximum atomic E-state index is 6.43. The van der Waals surface area contributed by atoms with Gasteiger partial charge in [-0.25, -0.2) is 0 Å². The van der Waals surface area contributed by atoms with Crippen LogP contribution in [0.25, 0.3) is 0 Å². The van der Waals surface area contributed by atoms with E-state index in [1.54, 1.807) is 7.11 Å². The van der Waals surface area contributed by atoms with Gasteiger partial charge < -0.3 is 15.4 Å². The van der Waals surface area contributed by atoms with Gasteiger partial charge >= 0.3 is 0 Å². The van der Waals surface area contributed by atoms with Gasteiger partial charge in [-0.2, -0.15) is 0 Å². The molecule has 1 aliphatic rings. The largest absolute Gasteiger partial charge is 0.497 e. The minimum Gasteiger partial charge on any atom is -0.497 e. The summed E-state index contributed by atoms with van der Waals surface area (Å²) in [5, 5.41) is 0. The van der Waals surface area contributed by atoms with E-state index in [2.05, 4.69) is 24.0 Å². The first kappa shape index (κ1) is 12.4. The van der Waals surface area contributed by atoms with Gasteiger partial charge in [-0.05, 0) is 50.6 Å². The summed E-state index contributed by atoms with van der Waals surface area (Å²) >= 11 is 0. The van der Waals surface area contributed by atoms with Crippen molar-refractivity contribution in [1.82, 2.24) is 4.90 Å². The predicted molar refractivity (Wildman–Crippen MR) is 70.2 cm³/mol. The standard InChI is InChI=1S/C14H22N2O/c1-14(15,11-16-9-3-4-10-16)12-5-7-13(17-2)8-6-12/h5-8H,3-4,9-11,15H2,1-2H3. The highest BCUT2D eigenvalue weighted by molar-refractivity contribution is 5.31. The zero-order chi connectivity index (χ0) is 12.3. The molecular weight excluding hydrogens is 212 g/mol. The molecule has 1 saturated heterocycles. The normalized spacial score (nSPS) is 20.2. The molecule has 0 spiro atoms. The molecule has 1 unspecified atom stereocenters. The van der Waals surface area contributed by atoms with Crippen LogP contribution < -0.4 is 10.5 Å². The van der Waals surface area contributed by atoms with Crippen LogP contribution in [-0.4, -0.2) is 31.6 Å². The number of hydrogen-bond acceptors (Lipinski definition) is 3.